The smallest absolute Gasteiger partial charge is 0.244 e. The quantitative estimate of drug-likeness (QED) is 0.861. The SMILES string of the molecule is CN1CC(NC(=O)C(C)(N)c2ccc(Br)cc2)CCC1=O. The minimum absolute atomic E-state index is 0.0430. The number of nitrogens with one attached hydrogen (secondary N) is 1. The number of piperidine rings is 1. The first-order chi connectivity index (χ1) is 9.80. The Kier molecular flexibility index (Phi) is 4.68. The molecule has 1 fully saturated rings. The highest BCUT2D eigenvalue weighted by Crippen LogP contribution is 2.21. The van der Waals surface area contributed by atoms with E-state index < -0.39 is 5.54 Å². The molecule has 0 spiro atoms. The highest BCUT2D eigenvalue weighted by Gasteiger charge is 2.33. The lowest BCUT2D eigenvalue weighted by Gasteiger charge is -2.33. The number of likely N-dealkylation sites (tertiary alicyclic amines) is 1. The third-order valence-corrected chi connectivity index (χ3v) is 4.41. The van der Waals surface area contributed by atoms with Crippen molar-refractivity contribution in [2.45, 2.75) is 31.3 Å². The van der Waals surface area contributed by atoms with Crippen LogP contribution in [0.4, 0.5) is 0 Å². The van der Waals surface area contributed by atoms with Crippen molar-refractivity contribution >= 4 is 27.7 Å². The maximum absolute atomic E-state index is 12.5. The van der Waals surface area contributed by atoms with Gasteiger partial charge in [-0.2, -0.15) is 0 Å². The predicted molar refractivity (Wildman–Crippen MR) is 84.5 cm³/mol. The van der Waals surface area contributed by atoms with Crippen molar-refractivity contribution in [2.24, 2.45) is 5.73 Å². The van der Waals surface area contributed by atoms with E-state index in [-0.39, 0.29) is 17.9 Å². The number of rotatable bonds is 3. The molecule has 1 aliphatic heterocycles. The summed E-state index contributed by atoms with van der Waals surface area (Å²) in [4.78, 5) is 25.6. The van der Waals surface area contributed by atoms with E-state index in [1.807, 2.05) is 24.3 Å². The van der Waals surface area contributed by atoms with Crippen molar-refractivity contribution in [3.8, 4) is 0 Å². The van der Waals surface area contributed by atoms with E-state index >= 15 is 0 Å². The molecule has 3 N–H and O–H groups in total. The zero-order valence-electron chi connectivity index (χ0n) is 12.2. The standard InChI is InChI=1S/C15H20BrN3O2/c1-15(17,10-3-5-11(16)6-4-10)14(21)18-12-7-8-13(20)19(2)9-12/h3-6,12H,7-9,17H2,1-2H3,(H,18,21). The van der Waals surface area contributed by atoms with Crippen LogP contribution in [0.1, 0.15) is 25.3 Å². The number of hydrogen-bond acceptors (Lipinski definition) is 3. The molecule has 0 aromatic heterocycles. The molecule has 0 bridgehead atoms. The molecular formula is C15H20BrN3O2. The summed E-state index contributed by atoms with van der Waals surface area (Å²) in [6.45, 7) is 2.23. The maximum Gasteiger partial charge on any atom is 0.244 e. The second kappa shape index (κ2) is 6.15. The van der Waals surface area contributed by atoms with Gasteiger partial charge in [0.1, 0.15) is 5.54 Å². The van der Waals surface area contributed by atoms with Gasteiger partial charge in [-0.3, -0.25) is 9.59 Å². The van der Waals surface area contributed by atoms with Crippen LogP contribution in [-0.2, 0) is 15.1 Å². The summed E-state index contributed by atoms with van der Waals surface area (Å²) >= 11 is 3.36. The van der Waals surface area contributed by atoms with Crippen LogP contribution in [0.5, 0.6) is 0 Å². The largest absolute Gasteiger partial charge is 0.350 e. The number of benzene rings is 1. The molecular weight excluding hydrogens is 334 g/mol. The Balaban J connectivity index is 2.05. The predicted octanol–water partition coefficient (Wildman–Crippen LogP) is 1.36. The van der Waals surface area contributed by atoms with Gasteiger partial charge in [0.2, 0.25) is 11.8 Å². The van der Waals surface area contributed by atoms with Crippen LogP contribution in [0.25, 0.3) is 0 Å². The number of carbonyl (C=O) groups is 2. The molecule has 0 aliphatic carbocycles. The van der Waals surface area contributed by atoms with Crippen molar-refractivity contribution < 1.29 is 9.59 Å². The lowest BCUT2D eigenvalue weighted by atomic mass is 9.91. The number of likely N-dealkylation sites (N-methyl/N-ethyl adjacent to an activating group) is 1. The molecule has 0 radical (unpaired) electrons. The van der Waals surface area contributed by atoms with Gasteiger partial charge in [-0.25, -0.2) is 0 Å². The van der Waals surface area contributed by atoms with Crippen molar-refractivity contribution in [1.29, 1.82) is 0 Å². The Labute approximate surface area is 133 Å². The third kappa shape index (κ3) is 3.63. The molecule has 1 aromatic carbocycles. The average Bonchev–Trinajstić information content (AvgIpc) is 2.43. The van der Waals surface area contributed by atoms with E-state index in [0.717, 1.165) is 10.0 Å². The summed E-state index contributed by atoms with van der Waals surface area (Å²) in [5.41, 5.74) is 5.86. The zero-order valence-corrected chi connectivity index (χ0v) is 13.8. The molecule has 2 unspecified atom stereocenters. The molecule has 6 heteroatoms. The van der Waals surface area contributed by atoms with E-state index in [4.69, 9.17) is 5.73 Å². The Bertz CT molecular complexity index is 542. The van der Waals surface area contributed by atoms with Gasteiger partial charge in [-0.05, 0) is 31.0 Å². The molecule has 1 heterocycles. The van der Waals surface area contributed by atoms with Gasteiger partial charge < -0.3 is 16.0 Å². The Hall–Kier alpha value is -1.40. The van der Waals surface area contributed by atoms with Crippen molar-refractivity contribution in [1.82, 2.24) is 10.2 Å². The van der Waals surface area contributed by atoms with Crippen LogP contribution in [0.2, 0.25) is 0 Å². The number of halogens is 1. The first kappa shape index (κ1) is 16.0. The first-order valence-corrected chi connectivity index (χ1v) is 7.70. The van der Waals surface area contributed by atoms with Gasteiger partial charge in [0.05, 0.1) is 0 Å². The summed E-state index contributed by atoms with van der Waals surface area (Å²) in [6.07, 6.45) is 1.12. The second-order valence-electron chi connectivity index (χ2n) is 5.69. The lowest BCUT2D eigenvalue weighted by Crippen LogP contribution is -2.55. The summed E-state index contributed by atoms with van der Waals surface area (Å²) in [6, 6.07) is 7.35. The average molecular weight is 354 g/mol. The maximum atomic E-state index is 12.5. The van der Waals surface area contributed by atoms with Crippen molar-refractivity contribution in [2.75, 3.05) is 13.6 Å². The number of hydrogen-bond donors (Lipinski definition) is 2. The van der Waals surface area contributed by atoms with Crippen LogP contribution < -0.4 is 11.1 Å². The van der Waals surface area contributed by atoms with Gasteiger partial charge in [-0.15, -0.1) is 0 Å². The van der Waals surface area contributed by atoms with E-state index in [1.165, 1.54) is 0 Å². The van der Waals surface area contributed by atoms with Crippen LogP contribution >= 0.6 is 15.9 Å². The van der Waals surface area contributed by atoms with E-state index in [9.17, 15) is 9.59 Å². The highest BCUT2D eigenvalue weighted by atomic mass is 79.9. The fraction of sp³-hybridized carbons (Fsp3) is 0.467. The van der Waals surface area contributed by atoms with Gasteiger partial charge in [-0.1, -0.05) is 28.1 Å². The van der Waals surface area contributed by atoms with E-state index in [0.29, 0.717) is 19.4 Å². The molecule has 114 valence electrons. The summed E-state index contributed by atoms with van der Waals surface area (Å²) < 4.78 is 0.940. The molecule has 2 atom stereocenters. The molecule has 1 aliphatic rings. The Morgan fingerprint density at radius 1 is 1.43 bits per heavy atom. The molecule has 2 amide bonds. The number of nitrogens with zero attached hydrogens (tertiary/aromatic N) is 1. The number of amides is 2. The molecule has 2 rings (SSSR count). The van der Waals surface area contributed by atoms with Gasteiger partial charge in [0.15, 0.2) is 0 Å². The van der Waals surface area contributed by atoms with E-state index in [2.05, 4.69) is 21.2 Å². The summed E-state index contributed by atoms with van der Waals surface area (Å²) in [5, 5.41) is 2.95. The minimum Gasteiger partial charge on any atom is -0.350 e. The minimum atomic E-state index is -1.10. The van der Waals surface area contributed by atoms with Crippen LogP contribution in [-0.4, -0.2) is 36.3 Å². The fourth-order valence-corrected chi connectivity index (χ4v) is 2.66. The lowest BCUT2D eigenvalue weighted by molar-refractivity contribution is -0.134. The molecule has 1 saturated heterocycles. The van der Waals surface area contributed by atoms with Gasteiger partial charge in [0, 0.05) is 30.5 Å². The Morgan fingerprint density at radius 2 is 2.05 bits per heavy atom. The monoisotopic (exact) mass is 353 g/mol. The first-order valence-electron chi connectivity index (χ1n) is 6.90. The number of nitrogens with two attached hydrogens (primary N) is 1. The topological polar surface area (TPSA) is 75.4 Å². The second-order valence-corrected chi connectivity index (χ2v) is 6.61. The fourth-order valence-electron chi connectivity index (χ4n) is 2.39. The summed E-state index contributed by atoms with van der Waals surface area (Å²) in [7, 11) is 1.75. The molecule has 1 aromatic rings. The van der Waals surface area contributed by atoms with Crippen LogP contribution in [0.15, 0.2) is 28.7 Å². The van der Waals surface area contributed by atoms with Crippen LogP contribution in [0.3, 0.4) is 0 Å². The third-order valence-electron chi connectivity index (χ3n) is 3.88. The van der Waals surface area contributed by atoms with Crippen LogP contribution in [0, 0.1) is 0 Å². The molecule has 5 nitrogen and oxygen atoms in total. The van der Waals surface area contributed by atoms with E-state index in [1.54, 1.807) is 18.9 Å². The van der Waals surface area contributed by atoms with Crippen molar-refractivity contribution in [3.05, 3.63) is 34.3 Å². The molecule has 21 heavy (non-hydrogen) atoms. The summed E-state index contributed by atoms with van der Waals surface area (Å²) in [5.74, 6) is -0.110. The molecule has 0 saturated carbocycles. The Morgan fingerprint density at radius 3 is 2.62 bits per heavy atom. The zero-order chi connectivity index (χ0) is 15.6. The van der Waals surface area contributed by atoms with Gasteiger partial charge in [0.25, 0.3) is 0 Å². The van der Waals surface area contributed by atoms with Crippen molar-refractivity contribution in [3.63, 3.8) is 0 Å². The number of carbonyl (C=O) groups excluding carboxylic acids is 2. The normalized spacial score (nSPS) is 21.8. The van der Waals surface area contributed by atoms with Gasteiger partial charge >= 0.3 is 0 Å². The highest BCUT2D eigenvalue weighted by molar-refractivity contribution is 9.10.